The number of hydrogen-bond acceptors (Lipinski definition) is 2. The highest BCUT2D eigenvalue weighted by Crippen LogP contribution is 2.73. The van der Waals surface area contributed by atoms with E-state index in [1.165, 1.54) is 0 Å². The second-order valence-corrected chi connectivity index (χ2v) is 6.50. The Hall–Kier alpha value is -0.780. The van der Waals surface area contributed by atoms with E-state index in [-0.39, 0.29) is 5.41 Å². The molecule has 0 aliphatic heterocycles. The Balaban J connectivity index is 1.59. The van der Waals surface area contributed by atoms with Crippen molar-refractivity contribution in [3.8, 4) is 5.75 Å². The molecule has 1 aromatic carbocycles. The Kier molecular flexibility index (Phi) is 2.40. The third-order valence-electron chi connectivity index (χ3n) is 3.96. The predicted molar refractivity (Wildman–Crippen MR) is 71.0 cm³/mol. The van der Waals surface area contributed by atoms with Gasteiger partial charge in [0.15, 0.2) is 0 Å². The van der Waals surface area contributed by atoms with E-state index in [1.807, 2.05) is 24.3 Å². The van der Waals surface area contributed by atoms with Crippen LogP contribution in [-0.4, -0.2) is 17.7 Å². The van der Waals surface area contributed by atoms with Gasteiger partial charge in [-0.3, -0.25) is 4.79 Å². The van der Waals surface area contributed by atoms with Crippen LogP contribution < -0.4 is 4.74 Å². The quantitative estimate of drug-likeness (QED) is 0.855. The van der Waals surface area contributed by atoms with Crippen molar-refractivity contribution in [1.29, 1.82) is 0 Å². The molecule has 0 spiro atoms. The Labute approximate surface area is 113 Å². The molecule has 3 nitrogen and oxygen atoms in total. The van der Waals surface area contributed by atoms with Gasteiger partial charge in [0, 0.05) is 5.41 Å². The number of benzene rings is 1. The summed E-state index contributed by atoms with van der Waals surface area (Å²) in [6, 6.07) is 7.91. The molecule has 0 saturated heterocycles. The van der Waals surface area contributed by atoms with Crippen molar-refractivity contribution in [3.63, 3.8) is 0 Å². The van der Waals surface area contributed by atoms with Crippen LogP contribution in [0, 0.1) is 14.4 Å². The van der Waals surface area contributed by atoms with Crippen LogP contribution in [0.25, 0.3) is 0 Å². The van der Waals surface area contributed by atoms with Crippen LogP contribution in [0.1, 0.15) is 19.3 Å². The summed E-state index contributed by atoms with van der Waals surface area (Å²) in [6.45, 7) is 0.655. The van der Waals surface area contributed by atoms with Crippen LogP contribution >= 0.6 is 22.6 Å². The van der Waals surface area contributed by atoms with E-state index in [9.17, 15) is 4.79 Å². The first kappa shape index (κ1) is 11.3. The van der Waals surface area contributed by atoms with Gasteiger partial charge < -0.3 is 9.84 Å². The van der Waals surface area contributed by atoms with E-state index in [0.29, 0.717) is 6.61 Å². The second kappa shape index (κ2) is 3.60. The van der Waals surface area contributed by atoms with Crippen molar-refractivity contribution < 1.29 is 14.6 Å². The molecule has 0 heterocycles. The average molecular weight is 344 g/mol. The fourth-order valence-corrected chi connectivity index (χ4v) is 3.71. The lowest BCUT2D eigenvalue weighted by molar-refractivity contribution is -0.231. The lowest BCUT2D eigenvalue weighted by Gasteiger charge is -2.67. The van der Waals surface area contributed by atoms with Gasteiger partial charge in [0.2, 0.25) is 0 Å². The third-order valence-corrected chi connectivity index (χ3v) is 4.86. The molecule has 17 heavy (non-hydrogen) atoms. The number of carbonyl (C=O) groups is 1. The minimum absolute atomic E-state index is 0.150. The minimum atomic E-state index is -0.631. The Bertz CT molecular complexity index is 464. The highest BCUT2D eigenvalue weighted by atomic mass is 127. The molecule has 2 bridgehead atoms. The van der Waals surface area contributed by atoms with Crippen molar-refractivity contribution in [2.75, 3.05) is 6.61 Å². The number of para-hydroxylation sites is 1. The first-order chi connectivity index (χ1) is 8.05. The van der Waals surface area contributed by atoms with Gasteiger partial charge in [0.05, 0.1) is 15.6 Å². The minimum Gasteiger partial charge on any atom is -0.492 e. The fraction of sp³-hybridized carbons (Fsp3) is 0.462. The summed E-state index contributed by atoms with van der Waals surface area (Å²) >= 11 is 2.25. The molecule has 0 amide bonds. The number of aliphatic carboxylic acids is 1. The summed E-state index contributed by atoms with van der Waals surface area (Å²) in [7, 11) is 0. The molecular weight excluding hydrogens is 331 g/mol. The molecule has 1 aromatic rings. The van der Waals surface area contributed by atoms with E-state index < -0.39 is 11.4 Å². The summed E-state index contributed by atoms with van der Waals surface area (Å²) in [5.41, 5.74) is -0.246. The standard InChI is InChI=1S/C13H13IO3/c14-9-3-1-2-4-10(9)17-8-12-5-13(6-12,7-12)11(15)16/h1-4H,5-8H2,(H,15,16). The van der Waals surface area contributed by atoms with Gasteiger partial charge >= 0.3 is 5.97 Å². The van der Waals surface area contributed by atoms with E-state index >= 15 is 0 Å². The van der Waals surface area contributed by atoms with Gasteiger partial charge in [0.1, 0.15) is 5.75 Å². The zero-order valence-corrected chi connectivity index (χ0v) is 11.4. The first-order valence-corrected chi connectivity index (χ1v) is 6.74. The van der Waals surface area contributed by atoms with E-state index in [0.717, 1.165) is 28.6 Å². The molecule has 0 radical (unpaired) electrons. The molecule has 0 unspecified atom stereocenters. The van der Waals surface area contributed by atoms with Gasteiger partial charge in [-0.1, -0.05) is 12.1 Å². The summed E-state index contributed by atoms with van der Waals surface area (Å²) < 4.78 is 6.91. The molecule has 3 aliphatic rings. The summed E-state index contributed by atoms with van der Waals surface area (Å²) in [5.74, 6) is 0.274. The Morgan fingerprint density at radius 1 is 1.35 bits per heavy atom. The number of carboxylic acid groups (broad SMARTS) is 1. The van der Waals surface area contributed by atoms with Gasteiger partial charge in [0.25, 0.3) is 0 Å². The molecule has 4 heteroatoms. The maximum absolute atomic E-state index is 11.0. The van der Waals surface area contributed by atoms with Crippen LogP contribution in [0.15, 0.2) is 24.3 Å². The normalized spacial score (nSPS) is 33.5. The van der Waals surface area contributed by atoms with Crippen LogP contribution in [0.2, 0.25) is 0 Å². The molecule has 4 rings (SSSR count). The molecule has 0 atom stereocenters. The molecule has 0 aromatic heterocycles. The molecule has 3 aliphatic carbocycles. The fourth-order valence-electron chi connectivity index (χ4n) is 3.17. The largest absolute Gasteiger partial charge is 0.492 e. The topological polar surface area (TPSA) is 46.5 Å². The smallest absolute Gasteiger partial charge is 0.309 e. The van der Waals surface area contributed by atoms with Gasteiger partial charge in [-0.2, -0.15) is 0 Å². The van der Waals surface area contributed by atoms with Gasteiger partial charge in [-0.15, -0.1) is 0 Å². The van der Waals surface area contributed by atoms with Crippen molar-refractivity contribution in [3.05, 3.63) is 27.8 Å². The van der Waals surface area contributed by atoms with Crippen LogP contribution in [-0.2, 0) is 4.79 Å². The predicted octanol–water partition coefficient (Wildman–Crippen LogP) is 2.92. The number of rotatable bonds is 4. The monoisotopic (exact) mass is 344 g/mol. The van der Waals surface area contributed by atoms with Gasteiger partial charge in [-0.25, -0.2) is 0 Å². The Morgan fingerprint density at radius 2 is 2.00 bits per heavy atom. The lowest BCUT2D eigenvalue weighted by atomic mass is 9.35. The summed E-state index contributed by atoms with van der Waals surface area (Å²) in [6.07, 6.45) is 2.37. The molecule has 3 fully saturated rings. The van der Waals surface area contributed by atoms with Crippen molar-refractivity contribution >= 4 is 28.6 Å². The van der Waals surface area contributed by atoms with Crippen LogP contribution in [0.5, 0.6) is 5.75 Å². The van der Waals surface area contributed by atoms with E-state index in [2.05, 4.69) is 22.6 Å². The number of halogens is 1. The third kappa shape index (κ3) is 1.64. The van der Waals surface area contributed by atoms with Crippen molar-refractivity contribution in [2.24, 2.45) is 10.8 Å². The Morgan fingerprint density at radius 3 is 2.59 bits per heavy atom. The SMILES string of the molecule is O=C(O)C12CC(COc3ccccc3I)(C1)C2. The number of hydrogen-bond donors (Lipinski definition) is 1. The van der Waals surface area contributed by atoms with Crippen LogP contribution in [0.4, 0.5) is 0 Å². The average Bonchev–Trinajstić information content (AvgIpc) is 2.16. The maximum Gasteiger partial charge on any atom is 0.309 e. The molecule has 1 N–H and O–H groups in total. The first-order valence-electron chi connectivity index (χ1n) is 5.66. The summed E-state index contributed by atoms with van der Waals surface area (Å²) in [5, 5.41) is 9.03. The zero-order chi connectivity index (χ0) is 12.1. The van der Waals surface area contributed by atoms with E-state index in [4.69, 9.17) is 9.84 Å². The molecule has 3 saturated carbocycles. The number of carboxylic acids is 1. The maximum atomic E-state index is 11.0. The second-order valence-electron chi connectivity index (χ2n) is 5.33. The summed E-state index contributed by atoms with van der Waals surface area (Å²) in [4.78, 5) is 11.0. The van der Waals surface area contributed by atoms with E-state index in [1.54, 1.807) is 0 Å². The molecular formula is C13H13IO3. The highest BCUT2D eigenvalue weighted by Gasteiger charge is 2.72. The van der Waals surface area contributed by atoms with Crippen molar-refractivity contribution in [2.45, 2.75) is 19.3 Å². The molecule has 90 valence electrons. The zero-order valence-electron chi connectivity index (χ0n) is 9.28. The van der Waals surface area contributed by atoms with Gasteiger partial charge in [-0.05, 0) is 54.0 Å². The lowest BCUT2D eigenvalue weighted by Crippen LogP contribution is -2.67. The van der Waals surface area contributed by atoms with Crippen LogP contribution in [0.3, 0.4) is 0 Å². The number of ether oxygens (including phenoxy) is 1. The van der Waals surface area contributed by atoms with Crippen molar-refractivity contribution in [1.82, 2.24) is 0 Å². The highest BCUT2D eigenvalue weighted by molar-refractivity contribution is 14.1.